The van der Waals surface area contributed by atoms with Crippen LogP contribution in [0, 0.1) is 6.57 Å². The molecule has 0 aliphatic heterocycles. The first-order valence-corrected chi connectivity index (χ1v) is 2.52. The molecule has 0 radical (unpaired) electrons. The molecule has 3 nitrogen and oxygen atoms in total. The summed E-state index contributed by atoms with van der Waals surface area (Å²) in [5, 5.41) is 2.46. The monoisotopic (exact) mass is 124 g/mol. The molecule has 9 heavy (non-hydrogen) atoms. The Morgan fingerprint density at radius 2 is 2.56 bits per heavy atom. The maximum Gasteiger partial charge on any atom is 0.300 e. The Morgan fingerprint density at radius 1 is 1.89 bits per heavy atom. The van der Waals surface area contributed by atoms with E-state index in [1.165, 1.54) is 0 Å². The smallest absolute Gasteiger partial charge is 0.300 e. The predicted octanol–water partition coefficient (Wildman–Crippen LogP) is 0.208. The van der Waals surface area contributed by atoms with Gasteiger partial charge in [-0.3, -0.25) is 4.79 Å². The zero-order valence-corrected chi connectivity index (χ0v) is 5.05. The normalized spacial score (nSPS) is 7.44. The predicted molar refractivity (Wildman–Crippen MR) is 34.7 cm³/mol. The SMILES string of the molecule is [C-]#[N+]CC(=O)NCC=C. The summed E-state index contributed by atoms with van der Waals surface area (Å²) in [5.74, 6) is -0.245. The Morgan fingerprint density at radius 3 is 3.00 bits per heavy atom. The van der Waals surface area contributed by atoms with E-state index < -0.39 is 0 Å². The minimum Gasteiger partial charge on any atom is -0.346 e. The highest BCUT2D eigenvalue weighted by Crippen LogP contribution is 1.68. The average Bonchev–Trinajstić information content (AvgIpc) is 1.85. The number of nitrogens with one attached hydrogen (secondary N) is 1. The summed E-state index contributed by atoms with van der Waals surface area (Å²) in [6.45, 7) is 10.1. The molecule has 0 aromatic carbocycles. The van der Waals surface area contributed by atoms with E-state index in [0.717, 1.165) is 0 Å². The standard InChI is InChI=1S/C6H8N2O/c1-3-4-8-6(9)5-7-2/h3H,1,4-5H2,(H,8,9). The number of carbonyl (C=O) groups is 1. The zero-order chi connectivity index (χ0) is 7.11. The fourth-order valence-corrected chi connectivity index (χ4v) is 0.314. The van der Waals surface area contributed by atoms with E-state index in [1.54, 1.807) is 6.08 Å². The van der Waals surface area contributed by atoms with Gasteiger partial charge >= 0.3 is 0 Å². The number of rotatable bonds is 3. The second-order valence-corrected chi connectivity index (χ2v) is 1.41. The number of carbonyl (C=O) groups excluding carboxylic acids is 1. The van der Waals surface area contributed by atoms with Gasteiger partial charge in [0.15, 0.2) is 0 Å². The van der Waals surface area contributed by atoms with Gasteiger partial charge in [0.05, 0.1) is 0 Å². The molecule has 3 heteroatoms. The maximum atomic E-state index is 10.4. The maximum absolute atomic E-state index is 10.4. The fraction of sp³-hybridized carbons (Fsp3) is 0.333. The molecular formula is C6H8N2O. The Hall–Kier alpha value is -1.30. The highest BCUT2D eigenvalue weighted by atomic mass is 16.1. The highest BCUT2D eigenvalue weighted by molar-refractivity contribution is 5.79. The average molecular weight is 124 g/mol. The second kappa shape index (κ2) is 4.85. The van der Waals surface area contributed by atoms with Crippen molar-refractivity contribution in [3.8, 4) is 0 Å². The molecule has 1 N–H and O–H groups in total. The molecule has 0 rings (SSSR count). The Balaban J connectivity index is 3.29. The van der Waals surface area contributed by atoms with Crippen LogP contribution in [0.4, 0.5) is 0 Å². The van der Waals surface area contributed by atoms with Crippen LogP contribution >= 0.6 is 0 Å². The molecule has 48 valence electrons. The van der Waals surface area contributed by atoms with Crippen LogP contribution in [-0.4, -0.2) is 19.0 Å². The minimum atomic E-state index is -0.245. The van der Waals surface area contributed by atoms with Crippen molar-refractivity contribution in [2.24, 2.45) is 0 Å². The van der Waals surface area contributed by atoms with E-state index in [0.29, 0.717) is 6.54 Å². The third-order valence-electron chi connectivity index (χ3n) is 0.666. The van der Waals surface area contributed by atoms with Gasteiger partial charge in [-0.2, -0.15) is 0 Å². The first kappa shape index (κ1) is 7.70. The van der Waals surface area contributed by atoms with Crippen LogP contribution in [0.25, 0.3) is 4.85 Å². The third kappa shape index (κ3) is 4.56. The Kier molecular flexibility index (Phi) is 4.15. The van der Waals surface area contributed by atoms with Crippen molar-refractivity contribution in [2.75, 3.05) is 13.1 Å². The Labute approximate surface area is 54.2 Å². The van der Waals surface area contributed by atoms with E-state index in [-0.39, 0.29) is 12.5 Å². The van der Waals surface area contributed by atoms with Crippen molar-refractivity contribution < 1.29 is 4.79 Å². The van der Waals surface area contributed by atoms with E-state index in [4.69, 9.17) is 6.57 Å². The van der Waals surface area contributed by atoms with Gasteiger partial charge in [-0.15, -0.1) is 6.58 Å². The number of hydrogen-bond donors (Lipinski definition) is 1. The summed E-state index contributed by atoms with van der Waals surface area (Å²) < 4.78 is 0. The molecule has 0 atom stereocenters. The first-order valence-electron chi connectivity index (χ1n) is 2.52. The molecule has 0 fully saturated rings. The van der Waals surface area contributed by atoms with E-state index in [2.05, 4.69) is 16.7 Å². The minimum absolute atomic E-state index is 0.0894. The summed E-state index contributed by atoms with van der Waals surface area (Å²) in [7, 11) is 0. The summed E-state index contributed by atoms with van der Waals surface area (Å²) in [5.41, 5.74) is 0. The van der Waals surface area contributed by atoms with Gasteiger partial charge in [0, 0.05) is 6.54 Å². The van der Waals surface area contributed by atoms with Crippen LogP contribution in [0.2, 0.25) is 0 Å². The summed E-state index contributed by atoms with van der Waals surface area (Å²) in [6.07, 6.45) is 1.57. The summed E-state index contributed by atoms with van der Waals surface area (Å²) in [4.78, 5) is 13.3. The summed E-state index contributed by atoms with van der Waals surface area (Å²) in [6, 6.07) is 0. The van der Waals surface area contributed by atoms with Gasteiger partial charge < -0.3 is 10.2 Å². The highest BCUT2D eigenvalue weighted by Gasteiger charge is 1.98. The lowest BCUT2D eigenvalue weighted by molar-refractivity contribution is -0.118. The van der Waals surface area contributed by atoms with Gasteiger partial charge in [-0.05, 0) is 0 Å². The zero-order valence-electron chi connectivity index (χ0n) is 5.05. The fourth-order valence-electron chi connectivity index (χ4n) is 0.314. The molecule has 0 bridgehead atoms. The molecular weight excluding hydrogens is 116 g/mol. The number of nitrogens with zero attached hydrogens (tertiary/aromatic N) is 1. The van der Waals surface area contributed by atoms with Crippen LogP contribution in [0.15, 0.2) is 12.7 Å². The topological polar surface area (TPSA) is 33.5 Å². The van der Waals surface area contributed by atoms with Gasteiger partial charge in [0.2, 0.25) is 0 Å². The van der Waals surface area contributed by atoms with Crippen molar-refractivity contribution in [1.82, 2.24) is 5.32 Å². The lowest BCUT2D eigenvalue weighted by Gasteiger charge is -1.91. The number of amides is 1. The molecule has 0 saturated carbocycles. The second-order valence-electron chi connectivity index (χ2n) is 1.41. The molecule has 0 spiro atoms. The molecule has 1 amide bonds. The largest absolute Gasteiger partial charge is 0.346 e. The quantitative estimate of drug-likeness (QED) is 0.423. The van der Waals surface area contributed by atoms with Crippen LogP contribution in [-0.2, 0) is 4.79 Å². The third-order valence-corrected chi connectivity index (χ3v) is 0.666. The van der Waals surface area contributed by atoms with Gasteiger partial charge in [0.1, 0.15) is 0 Å². The molecule has 0 aliphatic carbocycles. The van der Waals surface area contributed by atoms with E-state index in [9.17, 15) is 4.79 Å². The Bertz CT molecular complexity index is 146. The van der Waals surface area contributed by atoms with E-state index in [1.807, 2.05) is 0 Å². The number of hydrogen-bond acceptors (Lipinski definition) is 1. The van der Waals surface area contributed by atoms with Crippen molar-refractivity contribution in [3.05, 3.63) is 24.1 Å². The first-order chi connectivity index (χ1) is 4.31. The van der Waals surface area contributed by atoms with Crippen LogP contribution in [0.3, 0.4) is 0 Å². The van der Waals surface area contributed by atoms with Gasteiger partial charge in [-0.25, -0.2) is 6.57 Å². The molecule has 0 saturated heterocycles. The van der Waals surface area contributed by atoms with Crippen molar-refractivity contribution in [1.29, 1.82) is 0 Å². The van der Waals surface area contributed by atoms with Crippen molar-refractivity contribution >= 4 is 5.91 Å². The van der Waals surface area contributed by atoms with E-state index >= 15 is 0 Å². The summed E-state index contributed by atoms with van der Waals surface area (Å²) >= 11 is 0. The van der Waals surface area contributed by atoms with Crippen LogP contribution in [0.1, 0.15) is 0 Å². The van der Waals surface area contributed by atoms with Crippen molar-refractivity contribution in [2.45, 2.75) is 0 Å². The van der Waals surface area contributed by atoms with Crippen molar-refractivity contribution in [3.63, 3.8) is 0 Å². The molecule has 0 aromatic rings. The van der Waals surface area contributed by atoms with Gasteiger partial charge in [0.25, 0.3) is 12.5 Å². The lowest BCUT2D eigenvalue weighted by atomic mass is 10.5. The lowest BCUT2D eigenvalue weighted by Crippen LogP contribution is -2.24. The van der Waals surface area contributed by atoms with Gasteiger partial charge in [-0.1, -0.05) is 6.08 Å². The van der Waals surface area contributed by atoms with Crippen LogP contribution in [0.5, 0.6) is 0 Å². The molecule has 0 unspecified atom stereocenters. The molecule has 0 aromatic heterocycles. The molecule has 0 heterocycles. The molecule has 0 aliphatic rings. The van der Waals surface area contributed by atoms with Crippen LogP contribution < -0.4 is 5.32 Å².